The number of nitrogens with one attached hydrogen (secondary N) is 1. The molecule has 2 aromatic heterocycles. The summed E-state index contributed by atoms with van der Waals surface area (Å²) in [6, 6.07) is 6.84. The van der Waals surface area contributed by atoms with Crippen LogP contribution in [0.4, 0.5) is 22.0 Å². The van der Waals surface area contributed by atoms with Gasteiger partial charge in [-0.3, -0.25) is 14.5 Å². The van der Waals surface area contributed by atoms with E-state index >= 15 is 0 Å². The molecule has 3 aromatic rings. The minimum Gasteiger partial charge on any atom is -0.345 e. The second kappa shape index (κ2) is 8.39. The van der Waals surface area contributed by atoms with Crippen LogP contribution in [-0.4, -0.2) is 32.8 Å². The van der Waals surface area contributed by atoms with Crippen molar-refractivity contribution in [3.63, 3.8) is 0 Å². The van der Waals surface area contributed by atoms with Crippen LogP contribution >= 0.6 is 0 Å². The molecule has 5 nitrogen and oxygen atoms in total. The van der Waals surface area contributed by atoms with E-state index in [9.17, 15) is 26.7 Å². The summed E-state index contributed by atoms with van der Waals surface area (Å²) in [6.07, 6.45) is -3.01. The van der Waals surface area contributed by atoms with Crippen molar-refractivity contribution in [1.82, 2.24) is 20.1 Å². The van der Waals surface area contributed by atoms with E-state index < -0.39 is 36.0 Å². The molecule has 0 bridgehead atoms. The molecule has 0 saturated heterocycles. The molecule has 0 fully saturated rings. The van der Waals surface area contributed by atoms with Crippen LogP contribution in [0.25, 0.3) is 10.9 Å². The van der Waals surface area contributed by atoms with E-state index in [-0.39, 0.29) is 5.69 Å². The third-order valence-corrected chi connectivity index (χ3v) is 5.68. The fourth-order valence-electron chi connectivity index (χ4n) is 3.43. The molecule has 1 aromatic carbocycles. The Bertz CT molecular complexity index is 1180. The first-order valence-electron chi connectivity index (χ1n) is 10.3. The summed E-state index contributed by atoms with van der Waals surface area (Å²) in [5, 5.41) is 7.31. The molecule has 1 amide bonds. The van der Waals surface area contributed by atoms with Crippen LogP contribution in [0, 0.1) is 6.92 Å². The summed E-state index contributed by atoms with van der Waals surface area (Å²) >= 11 is 0. The van der Waals surface area contributed by atoms with Gasteiger partial charge in [0.05, 0.1) is 23.4 Å². The minimum atomic E-state index is -4.46. The molecule has 3 rings (SSSR count). The lowest BCUT2D eigenvalue weighted by Crippen LogP contribution is -2.37. The molecular weight excluding hydrogens is 443 g/mol. The van der Waals surface area contributed by atoms with E-state index in [1.807, 2.05) is 0 Å². The van der Waals surface area contributed by atoms with E-state index in [2.05, 4.69) is 15.4 Å². The maximum atomic E-state index is 13.3. The molecule has 2 heterocycles. The zero-order chi connectivity index (χ0) is 24.8. The Labute approximate surface area is 188 Å². The lowest BCUT2D eigenvalue weighted by atomic mass is 9.87. The quantitative estimate of drug-likeness (QED) is 0.471. The van der Waals surface area contributed by atoms with Gasteiger partial charge in [0.15, 0.2) is 0 Å². The highest BCUT2D eigenvalue weighted by molar-refractivity contribution is 5.98. The molecule has 0 radical (unpaired) electrons. The van der Waals surface area contributed by atoms with E-state index in [1.54, 1.807) is 19.9 Å². The number of nitrogens with zero attached hydrogens (tertiary/aromatic N) is 3. The molecule has 0 spiro atoms. The summed E-state index contributed by atoms with van der Waals surface area (Å²) < 4.78 is 67.8. The second-order valence-electron chi connectivity index (χ2n) is 8.84. The first kappa shape index (κ1) is 24.6. The average molecular weight is 468 g/mol. The highest BCUT2D eigenvalue weighted by Gasteiger charge is 2.49. The highest BCUT2D eigenvalue weighted by atomic mass is 19.4. The number of aromatic nitrogens is 3. The number of hydrogen-bond donors (Lipinski definition) is 1. The van der Waals surface area contributed by atoms with Crippen molar-refractivity contribution >= 4 is 16.8 Å². The van der Waals surface area contributed by atoms with Crippen LogP contribution in [-0.2, 0) is 12.0 Å². The zero-order valence-corrected chi connectivity index (χ0v) is 18.9. The number of pyridine rings is 1. The highest BCUT2D eigenvalue weighted by Crippen LogP contribution is 2.40. The molecule has 1 N–H and O–H groups in total. The van der Waals surface area contributed by atoms with Gasteiger partial charge in [-0.1, -0.05) is 6.07 Å². The molecule has 178 valence electrons. The van der Waals surface area contributed by atoms with Gasteiger partial charge in [0, 0.05) is 29.1 Å². The summed E-state index contributed by atoms with van der Waals surface area (Å²) in [5.74, 6) is -3.34. The molecule has 1 unspecified atom stereocenters. The molecule has 0 aliphatic heterocycles. The van der Waals surface area contributed by atoms with Crippen molar-refractivity contribution < 1.29 is 26.7 Å². The van der Waals surface area contributed by atoms with E-state index in [0.717, 1.165) is 20.8 Å². The van der Waals surface area contributed by atoms with Gasteiger partial charge in [-0.25, -0.2) is 8.78 Å². The smallest absolute Gasteiger partial charge is 0.345 e. The molecular formula is C23H25F5N4O. The van der Waals surface area contributed by atoms with Gasteiger partial charge >= 0.3 is 6.18 Å². The number of carbonyl (C=O) groups excluding carboxylic acids is 1. The summed E-state index contributed by atoms with van der Waals surface area (Å²) in [4.78, 5) is 16.9. The zero-order valence-electron chi connectivity index (χ0n) is 18.9. The Morgan fingerprint density at radius 2 is 1.76 bits per heavy atom. The largest absolute Gasteiger partial charge is 0.399 e. The predicted molar refractivity (Wildman–Crippen MR) is 114 cm³/mol. The summed E-state index contributed by atoms with van der Waals surface area (Å²) in [6.45, 7) is 5.74. The van der Waals surface area contributed by atoms with E-state index in [1.165, 1.54) is 35.1 Å². The van der Waals surface area contributed by atoms with Gasteiger partial charge in [0.1, 0.15) is 12.0 Å². The van der Waals surface area contributed by atoms with Crippen molar-refractivity contribution in [2.45, 2.75) is 64.7 Å². The average Bonchev–Trinajstić information content (AvgIpc) is 3.04. The van der Waals surface area contributed by atoms with Gasteiger partial charge in [-0.05, 0) is 52.0 Å². The fourth-order valence-corrected chi connectivity index (χ4v) is 3.43. The number of hydrogen-bond acceptors (Lipinski definition) is 3. The van der Waals surface area contributed by atoms with E-state index in [4.69, 9.17) is 0 Å². The normalized spacial score (nSPS) is 13.9. The first-order valence-corrected chi connectivity index (χ1v) is 10.3. The van der Waals surface area contributed by atoms with Crippen molar-refractivity contribution in [2.75, 3.05) is 0 Å². The van der Waals surface area contributed by atoms with Crippen LogP contribution in [0.5, 0.6) is 0 Å². The topological polar surface area (TPSA) is 59.8 Å². The van der Waals surface area contributed by atoms with Gasteiger partial charge in [-0.2, -0.15) is 18.3 Å². The Hall–Kier alpha value is -3.04. The van der Waals surface area contributed by atoms with Gasteiger partial charge in [0.25, 0.3) is 11.8 Å². The van der Waals surface area contributed by atoms with Crippen LogP contribution in [0.3, 0.4) is 0 Å². The maximum absolute atomic E-state index is 13.3. The Morgan fingerprint density at radius 3 is 2.36 bits per heavy atom. The maximum Gasteiger partial charge on any atom is 0.399 e. The van der Waals surface area contributed by atoms with Crippen LogP contribution < -0.4 is 5.32 Å². The van der Waals surface area contributed by atoms with Crippen molar-refractivity contribution in [3.8, 4) is 0 Å². The van der Waals surface area contributed by atoms with Crippen LogP contribution in [0.2, 0.25) is 0 Å². The second-order valence-corrected chi connectivity index (χ2v) is 8.84. The molecule has 10 heteroatoms. The molecule has 33 heavy (non-hydrogen) atoms. The number of halogens is 5. The molecule has 1 atom stereocenters. The van der Waals surface area contributed by atoms with Crippen LogP contribution in [0.15, 0.2) is 36.5 Å². The number of amides is 1. The van der Waals surface area contributed by atoms with Crippen LogP contribution in [0.1, 0.15) is 61.0 Å². The van der Waals surface area contributed by atoms with Gasteiger partial charge in [-0.15, -0.1) is 0 Å². The minimum absolute atomic E-state index is 0.113. The number of rotatable bonds is 6. The Kier molecular flexibility index (Phi) is 6.25. The fraction of sp³-hybridized carbons (Fsp3) is 0.435. The standard InChI is InChI=1S/C23H25F5N4O/c1-13(17-11-29-32(14(17)2)12-22(5,24)25)30-20(33)16-6-8-18-15(10-16)7-9-19(31-18)21(3,4)23(26,27)28/h6-11,13H,12H2,1-5H3,(H,30,33). The number of carbonyl (C=O) groups is 1. The Balaban J connectivity index is 1.80. The predicted octanol–water partition coefficient (Wildman–Crippen LogP) is 5.73. The van der Waals surface area contributed by atoms with Crippen molar-refractivity contribution in [1.29, 1.82) is 0 Å². The number of alkyl halides is 5. The Morgan fingerprint density at radius 1 is 1.09 bits per heavy atom. The van der Waals surface area contributed by atoms with Gasteiger partial charge in [0.2, 0.25) is 0 Å². The SMILES string of the molecule is Cc1c(C(C)NC(=O)c2ccc3nc(C(C)(C)C(F)(F)F)ccc3c2)cnn1CC(C)(F)F. The lowest BCUT2D eigenvalue weighted by Gasteiger charge is -2.27. The summed E-state index contributed by atoms with van der Waals surface area (Å²) in [5.41, 5.74) is -0.466. The van der Waals surface area contributed by atoms with Crippen molar-refractivity contribution in [2.24, 2.45) is 0 Å². The third-order valence-electron chi connectivity index (χ3n) is 5.68. The molecule has 0 aliphatic carbocycles. The molecule has 0 aliphatic rings. The first-order chi connectivity index (χ1) is 15.1. The third kappa shape index (κ3) is 5.15. The van der Waals surface area contributed by atoms with Gasteiger partial charge < -0.3 is 5.32 Å². The van der Waals surface area contributed by atoms with Crippen molar-refractivity contribution in [3.05, 3.63) is 59.0 Å². The number of fused-ring (bicyclic) bond motifs is 1. The summed E-state index contributed by atoms with van der Waals surface area (Å²) in [7, 11) is 0. The number of benzene rings is 1. The lowest BCUT2D eigenvalue weighted by molar-refractivity contribution is -0.181. The van der Waals surface area contributed by atoms with E-state index in [0.29, 0.717) is 27.7 Å². The molecule has 0 saturated carbocycles. The monoisotopic (exact) mass is 468 g/mol.